The third-order valence-electron chi connectivity index (χ3n) is 3.98. The maximum atomic E-state index is 13.6. The molecule has 1 aliphatic heterocycles. The molecule has 2 aromatic carbocycles. The Kier molecular flexibility index (Phi) is 4.28. The van der Waals surface area contributed by atoms with E-state index >= 15 is 0 Å². The van der Waals surface area contributed by atoms with Crippen molar-refractivity contribution in [2.75, 3.05) is 0 Å². The van der Waals surface area contributed by atoms with Crippen LogP contribution in [0.2, 0.25) is 0 Å². The van der Waals surface area contributed by atoms with Gasteiger partial charge < -0.3 is 9.47 Å². The Hall–Kier alpha value is -2.80. The van der Waals surface area contributed by atoms with Gasteiger partial charge in [-0.05, 0) is 56.2 Å². The second-order valence-corrected chi connectivity index (χ2v) is 7.09. The van der Waals surface area contributed by atoms with Gasteiger partial charge in [0, 0.05) is 12.1 Å². The van der Waals surface area contributed by atoms with E-state index in [-0.39, 0.29) is 5.69 Å². The van der Waals surface area contributed by atoms with Gasteiger partial charge in [-0.1, -0.05) is 12.1 Å². The van der Waals surface area contributed by atoms with Gasteiger partial charge in [-0.2, -0.15) is 0 Å². The van der Waals surface area contributed by atoms with Crippen molar-refractivity contribution in [2.24, 2.45) is 0 Å². The molecule has 0 aromatic heterocycles. The fourth-order valence-electron chi connectivity index (χ4n) is 2.80. The molecule has 1 fully saturated rings. The molecule has 2 aromatic rings. The first-order chi connectivity index (χ1) is 12.1. The molecule has 1 aliphatic rings. The summed E-state index contributed by atoms with van der Waals surface area (Å²) in [5.41, 5.74) is -1.38. The molecule has 26 heavy (non-hydrogen) atoms. The third kappa shape index (κ3) is 3.30. The number of ether oxygens (including phenoxy) is 2. The first-order valence-corrected chi connectivity index (χ1v) is 8.05. The van der Waals surface area contributed by atoms with Crippen molar-refractivity contribution in [3.05, 3.63) is 75.6 Å². The quantitative estimate of drug-likeness (QED) is 0.356. The summed E-state index contributed by atoms with van der Waals surface area (Å²) in [6, 6.07) is 11.3. The Morgan fingerprint density at radius 1 is 1.23 bits per heavy atom. The lowest BCUT2D eigenvalue weighted by Gasteiger charge is -2.23. The topological polar surface area (TPSA) is 82.0 Å². The zero-order valence-corrected chi connectivity index (χ0v) is 14.6. The molecule has 0 saturated carbocycles. The van der Waals surface area contributed by atoms with Gasteiger partial charge in [0.05, 0.1) is 4.92 Å². The number of epoxide rings is 1. The van der Waals surface area contributed by atoms with E-state index in [1.165, 1.54) is 42.5 Å². The molecule has 6 nitrogen and oxygen atoms in total. The Labute approximate surface area is 149 Å². The molecule has 1 heterocycles. The number of nitro benzene ring substituents is 1. The van der Waals surface area contributed by atoms with E-state index in [1.807, 2.05) is 0 Å². The highest BCUT2D eigenvalue weighted by Crippen LogP contribution is 2.58. The Bertz CT molecular complexity index is 859. The van der Waals surface area contributed by atoms with Gasteiger partial charge in [0.25, 0.3) is 5.69 Å². The number of nitro groups is 1. The zero-order valence-electron chi connectivity index (χ0n) is 14.6. The van der Waals surface area contributed by atoms with Gasteiger partial charge >= 0.3 is 5.97 Å². The minimum Gasteiger partial charge on any atom is -0.457 e. The molecule has 2 atom stereocenters. The Balaban J connectivity index is 2.01. The van der Waals surface area contributed by atoms with Crippen LogP contribution in [0, 0.1) is 15.9 Å². The van der Waals surface area contributed by atoms with Crippen LogP contribution in [0.5, 0.6) is 0 Å². The predicted molar refractivity (Wildman–Crippen MR) is 90.8 cm³/mol. The molecule has 0 radical (unpaired) electrons. The van der Waals surface area contributed by atoms with Gasteiger partial charge in [0.15, 0.2) is 0 Å². The summed E-state index contributed by atoms with van der Waals surface area (Å²) in [4.78, 5) is 23.2. The number of nitrogens with zero attached hydrogens (tertiary/aromatic N) is 1. The van der Waals surface area contributed by atoms with Gasteiger partial charge in [0.2, 0.25) is 5.60 Å². The van der Waals surface area contributed by atoms with Crippen LogP contribution in [0.3, 0.4) is 0 Å². The summed E-state index contributed by atoms with van der Waals surface area (Å²) in [6.45, 7) is 5.19. The highest BCUT2D eigenvalue weighted by Gasteiger charge is 2.66. The number of carbonyl (C=O) groups excluding carboxylic acids is 1. The summed E-state index contributed by atoms with van der Waals surface area (Å²) in [6.07, 6.45) is -0.727. The van der Waals surface area contributed by atoms with E-state index in [4.69, 9.17) is 9.47 Å². The van der Waals surface area contributed by atoms with Crippen LogP contribution in [0.4, 0.5) is 10.1 Å². The summed E-state index contributed by atoms with van der Waals surface area (Å²) in [5, 5.41) is 10.9. The third-order valence-corrected chi connectivity index (χ3v) is 3.98. The number of hydrogen-bond acceptors (Lipinski definition) is 5. The molecule has 0 amide bonds. The lowest BCUT2D eigenvalue weighted by molar-refractivity contribution is -0.384. The predicted octanol–water partition coefficient (Wildman–Crippen LogP) is 4.04. The number of benzene rings is 2. The van der Waals surface area contributed by atoms with E-state index in [2.05, 4.69) is 0 Å². The first kappa shape index (κ1) is 18.0. The first-order valence-electron chi connectivity index (χ1n) is 8.05. The molecule has 1 saturated heterocycles. The van der Waals surface area contributed by atoms with Crippen molar-refractivity contribution in [3.63, 3.8) is 0 Å². The van der Waals surface area contributed by atoms with Gasteiger partial charge in [-0.25, -0.2) is 9.18 Å². The second kappa shape index (κ2) is 6.17. The van der Waals surface area contributed by atoms with Crippen LogP contribution in [-0.4, -0.2) is 16.5 Å². The van der Waals surface area contributed by atoms with Crippen molar-refractivity contribution < 1.29 is 23.6 Å². The van der Waals surface area contributed by atoms with E-state index in [9.17, 15) is 19.3 Å². The van der Waals surface area contributed by atoms with Gasteiger partial charge in [-0.15, -0.1) is 0 Å². The lowest BCUT2D eigenvalue weighted by Crippen LogP contribution is -2.33. The van der Waals surface area contributed by atoms with Crippen LogP contribution in [0.25, 0.3) is 0 Å². The molecule has 0 bridgehead atoms. The molecule has 0 N–H and O–H groups in total. The van der Waals surface area contributed by atoms with E-state index in [0.717, 1.165) is 0 Å². The molecular formula is C19H18FNO5. The van der Waals surface area contributed by atoms with Crippen LogP contribution >= 0.6 is 0 Å². The van der Waals surface area contributed by atoms with Crippen molar-refractivity contribution in [1.29, 1.82) is 0 Å². The largest absolute Gasteiger partial charge is 0.457 e. The van der Waals surface area contributed by atoms with E-state index in [0.29, 0.717) is 11.1 Å². The summed E-state index contributed by atoms with van der Waals surface area (Å²) < 4.78 is 24.8. The fraction of sp³-hybridized carbons (Fsp3) is 0.316. The highest BCUT2D eigenvalue weighted by molar-refractivity contribution is 5.86. The van der Waals surface area contributed by atoms with Crippen molar-refractivity contribution >= 4 is 11.7 Å². The standard InChI is InChI=1S/C19H18FNO5/c1-18(2,3)26-17(22)19(13-7-9-15(10-8-13)21(23)24)16(25-19)12-5-4-6-14(20)11-12/h4-11,16H,1-3H3. The second-order valence-electron chi connectivity index (χ2n) is 7.09. The van der Waals surface area contributed by atoms with Gasteiger partial charge in [-0.3, -0.25) is 10.1 Å². The summed E-state index contributed by atoms with van der Waals surface area (Å²) in [7, 11) is 0. The SMILES string of the molecule is CC(C)(C)OC(=O)C1(c2ccc([N+](=O)[O-])cc2)OC1c1cccc(F)c1. The van der Waals surface area contributed by atoms with Crippen LogP contribution in [-0.2, 0) is 19.9 Å². The minimum absolute atomic E-state index is 0.101. The molecule has 0 aliphatic carbocycles. The van der Waals surface area contributed by atoms with E-state index < -0.39 is 34.0 Å². The van der Waals surface area contributed by atoms with Crippen LogP contribution in [0.1, 0.15) is 38.0 Å². The number of non-ortho nitro benzene ring substituents is 1. The number of esters is 1. The van der Waals surface area contributed by atoms with Crippen molar-refractivity contribution in [3.8, 4) is 0 Å². The number of halogens is 1. The van der Waals surface area contributed by atoms with Crippen molar-refractivity contribution in [1.82, 2.24) is 0 Å². The highest BCUT2D eigenvalue weighted by atomic mass is 19.1. The molecule has 3 rings (SSSR count). The molecule has 7 heteroatoms. The maximum Gasteiger partial charge on any atom is 0.346 e. The normalized spacial score (nSPS) is 21.9. The Morgan fingerprint density at radius 2 is 1.88 bits per heavy atom. The van der Waals surface area contributed by atoms with Crippen LogP contribution < -0.4 is 0 Å². The summed E-state index contributed by atoms with van der Waals surface area (Å²) >= 11 is 0. The lowest BCUT2D eigenvalue weighted by atomic mass is 9.91. The van der Waals surface area contributed by atoms with E-state index in [1.54, 1.807) is 26.8 Å². The molecule has 0 spiro atoms. The van der Waals surface area contributed by atoms with Crippen molar-refractivity contribution in [2.45, 2.75) is 38.1 Å². The fourth-order valence-corrected chi connectivity index (χ4v) is 2.80. The average molecular weight is 359 g/mol. The number of carbonyl (C=O) groups is 1. The maximum absolute atomic E-state index is 13.6. The monoisotopic (exact) mass is 359 g/mol. The Morgan fingerprint density at radius 3 is 2.42 bits per heavy atom. The number of rotatable bonds is 4. The number of hydrogen-bond donors (Lipinski definition) is 0. The smallest absolute Gasteiger partial charge is 0.346 e. The minimum atomic E-state index is -1.45. The van der Waals surface area contributed by atoms with Gasteiger partial charge in [0.1, 0.15) is 17.5 Å². The van der Waals surface area contributed by atoms with Crippen LogP contribution in [0.15, 0.2) is 48.5 Å². The zero-order chi connectivity index (χ0) is 19.1. The average Bonchev–Trinajstić information content (AvgIpc) is 3.30. The molecule has 2 unspecified atom stereocenters. The summed E-state index contributed by atoms with van der Waals surface area (Å²) in [5.74, 6) is -1.06. The molecular weight excluding hydrogens is 341 g/mol. The molecule has 136 valence electrons.